The SMILES string of the molecule is Cc1cccc(-c2nc3[nH]c(CNc4ccccc4F)cc(=O)n3n2)c1. The van der Waals surface area contributed by atoms with Gasteiger partial charge in [-0.3, -0.25) is 4.79 Å². The summed E-state index contributed by atoms with van der Waals surface area (Å²) in [6.07, 6.45) is 0. The van der Waals surface area contributed by atoms with Crippen LogP contribution in [0.15, 0.2) is 59.4 Å². The number of rotatable bonds is 4. The Balaban J connectivity index is 1.66. The Kier molecular flexibility index (Phi) is 3.96. The van der Waals surface area contributed by atoms with Crippen LogP contribution in [0.25, 0.3) is 17.2 Å². The second-order valence-corrected chi connectivity index (χ2v) is 6.01. The second kappa shape index (κ2) is 6.44. The molecule has 26 heavy (non-hydrogen) atoms. The molecule has 0 radical (unpaired) electrons. The molecule has 0 saturated heterocycles. The van der Waals surface area contributed by atoms with E-state index in [1.54, 1.807) is 18.2 Å². The lowest BCUT2D eigenvalue weighted by atomic mass is 10.1. The van der Waals surface area contributed by atoms with Crippen LogP contribution in [0.1, 0.15) is 11.3 Å². The maximum Gasteiger partial charge on any atom is 0.275 e. The van der Waals surface area contributed by atoms with Crippen LogP contribution in [0.2, 0.25) is 0 Å². The molecule has 0 fully saturated rings. The zero-order chi connectivity index (χ0) is 18.1. The maximum absolute atomic E-state index is 13.7. The topological polar surface area (TPSA) is 75.1 Å². The minimum Gasteiger partial charge on any atom is -0.377 e. The molecule has 6 nitrogen and oxygen atoms in total. The van der Waals surface area contributed by atoms with Gasteiger partial charge in [-0.15, -0.1) is 5.10 Å². The van der Waals surface area contributed by atoms with Crippen LogP contribution in [0.4, 0.5) is 10.1 Å². The highest BCUT2D eigenvalue weighted by Crippen LogP contribution is 2.17. The summed E-state index contributed by atoms with van der Waals surface area (Å²) in [7, 11) is 0. The molecule has 0 unspecified atom stereocenters. The van der Waals surface area contributed by atoms with E-state index in [0.717, 1.165) is 11.1 Å². The minimum atomic E-state index is -0.347. The van der Waals surface area contributed by atoms with Crippen molar-refractivity contribution in [2.24, 2.45) is 0 Å². The number of nitrogens with zero attached hydrogens (tertiary/aromatic N) is 3. The zero-order valence-corrected chi connectivity index (χ0v) is 14.0. The zero-order valence-electron chi connectivity index (χ0n) is 14.0. The number of hydrogen-bond acceptors (Lipinski definition) is 4. The predicted octanol–water partition coefficient (Wildman–Crippen LogP) is 3.14. The molecule has 0 atom stereocenters. The van der Waals surface area contributed by atoms with E-state index in [-0.39, 0.29) is 17.9 Å². The van der Waals surface area contributed by atoms with Gasteiger partial charge in [0.05, 0.1) is 12.2 Å². The third-order valence-corrected chi connectivity index (χ3v) is 4.01. The summed E-state index contributed by atoms with van der Waals surface area (Å²) in [5.41, 5.74) is 2.59. The number of nitrogens with one attached hydrogen (secondary N) is 2. The van der Waals surface area contributed by atoms with Crippen molar-refractivity contribution in [1.82, 2.24) is 19.6 Å². The van der Waals surface area contributed by atoms with Gasteiger partial charge in [0.2, 0.25) is 5.78 Å². The average Bonchev–Trinajstić information content (AvgIpc) is 3.06. The number of aromatic amines is 1. The van der Waals surface area contributed by atoms with E-state index in [9.17, 15) is 9.18 Å². The Morgan fingerprint density at radius 1 is 1.15 bits per heavy atom. The molecule has 4 rings (SSSR count). The van der Waals surface area contributed by atoms with E-state index in [2.05, 4.69) is 20.4 Å². The number of hydrogen-bond donors (Lipinski definition) is 2. The van der Waals surface area contributed by atoms with Gasteiger partial charge in [0.15, 0.2) is 5.82 Å². The predicted molar refractivity (Wildman–Crippen MR) is 97.5 cm³/mol. The monoisotopic (exact) mass is 349 g/mol. The van der Waals surface area contributed by atoms with Crippen molar-refractivity contribution in [3.05, 3.63) is 82.0 Å². The third-order valence-electron chi connectivity index (χ3n) is 4.01. The first-order valence-electron chi connectivity index (χ1n) is 8.14. The van der Waals surface area contributed by atoms with E-state index in [4.69, 9.17) is 0 Å². The number of benzene rings is 2. The molecular formula is C19H16FN5O. The number of anilines is 1. The number of aryl methyl sites for hydroxylation is 1. The highest BCUT2D eigenvalue weighted by Gasteiger charge is 2.10. The Bertz CT molecular complexity index is 1150. The maximum atomic E-state index is 13.7. The molecule has 0 amide bonds. The molecule has 2 aromatic carbocycles. The van der Waals surface area contributed by atoms with Gasteiger partial charge in [-0.05, 0) is 25.1 Å². The fourth-order valence-corrected chi connectivity index (χ4v) is 2.73. The molecule has 0 spiro atoms. The fraction of sp³-hybridized carbons (Fsp3) is 0.105. The summed E-state index contributed by atoms with van der Waals surface area (Å²) >= 11 is 0. The summed E-state index contributed by atoms with van der Waals surface area (Å²) in [6.45, 7) is 2.25. The molecule has 2 aromatic heterocycles. The highest BCUT2D eigenvalue weighted by atomic mass is 19.1. The van der Waals surface area contributed by atoms with E-state index in [1.807, 2.05) is 31.2 Å². The van der Waals surface area contributed by atoms with Gasteiger partial charge in [-0.2, -0.15) is 9.50 Å². The number of halogens is 1. The largest absolute Gasteiger partial charge is 0.377 e. The van der Waals surface area contributed by atoms with Gasteiger partial charge in [0, 0.05) is 17.3 Å². The van der Waals surface area contributed by atoms with Crippen LogP contribution >= 0.6 is 0 Å². The molecule has 2 heterocycles. The van der Waals surface area contributed by atoms with Gasteiger partial charge in [-0.25, -0.2) is 4.39 Å². The Morgan fingerprint density at radius 2 is 2.00 bits per heavy atom. The number of aromatic nitrogens is 4. The Labute approximate surface area is 148 Å². The van der Waals surface area contributed by atoms with Crippen LogP contribution in [0, 0.1) is 12.7 Å². The molecule has 0 aliphatic carbocycles. The van der Waals surface area contributed by atoms with Crippen LogP contribution in [0.3, 0.4) is 0 Å². The second-order valence-electron chi connectivity index (χ2n) is 6.01. The fourth-order valence-electron chi connectivity index (χ4n) is 2.73. The van der Waals surface area contributed by atoms with Crippen LogP contribution in [0.5, 0.6) is 0 Å². The molecule has 4 aromatic rings. The van der Waals surface area contributed by atoms with Gasteiger partial charge in [-0.1, -0.05) is 35.9 Å². The summed E-state index contributed by atoms with van der Waals surface area (Å²) in [6, 6.07) is 15.6. The molecule has 7 heteroatoms. The molecule has 0 bridgehead atoms. The lowest BCUT2D eigenvalue weighted by molar-refractivity contribution is 0.630. The summed E-state index contributed by atoms with van der Waals surface area (Å²) in [5.74, 6) is 0.473. The highest BCUT2D eigenvalue weighted by molar-refractivity contribution is 5.57. The third kappa shape index (κ3) is 3.06. The van der Waals surface area contributed by atoms with Gasteiger partial charge >= 0.3 is 0 Å². The van der Waals surface area contributed by atoms with Crippen molar-refractivity contribution < 1.29 is 4.39 Å². The molecule has 0 aliphatic rings. The van der Waals surface area contributed by atoms with Crippen molar-refractivity contribution in [2.75, 3.05) is 5.32 Å². The number of H-pyrrole nitrogens is 1. The lowest BCUT2D eigenvalue weighted by Gasteiger charge is -2.07. The van der Waals surface area contributed by atoms with Crippen LogP contribution < -0.4 is 10.9 Å². The molecule has 130 valence electrons. The molecule has 0 aliphatic heterocycles. The number of para-hydroxylation sites is 1. The van der Waals surface area contributed by atoms with Crippen molar-refractivity contribution in [3.63, 3.8) is 0 Å². The summed E-state index contributed by atoms with van der Waals surface area (Å²) in [4.78, 5) is 19.8. The van der Waals surface area contributed by atoms with E-state index in [1.165, 1.54) is 16.6 Å². The van der Waals surface area contributed by atoms with Crippen LogP contribution in [-0.4, -0.2) is 19.6 Å². The van der Waals surface area contributed by atoms with Crippen molar-refractivity contribution >= 4 is 11.5 Å². The van der Waals surface area contributed by atoms with E-state index >= 15 is 0 Å². The van der Waals surface area contributed by atoms with Crippen LogP contribution in [-0.2, 0) is 6.54 Å². The minimum absolute atomic E-state index is 0.263. The van der Waals surface area contributed by atoms with E-state index < -0.39 is 0 Å². The quantitative estimate of drug-likeness (QED) is 0.593. The molecular weight excluding hydrogens is 333 g/mol. The Hall–Kier alpha value is -3.48. The van der Waals surface area contributed by atoms with Gasteiger partial charge in [0.25, 0.3) is 5.56 Å². The molecule has 2 N–H and O–H groups in total. The Morgan fingerprint density at radius 3 is 2.81 bits per heavy atom. The van der Waals surface area contributed by atoms with Gasteiger partial charge < -0.3 is 10.3 Å². The van der Waals surface area contributed by atoms with E-state index in [0.29, 0.717) is 23.0 Å². The summed E-state index contributed by atoms with van der Waals surface area (Å²) in [5, 5.41) is 7.24. The van der Waals surface area contributed by atoms with Crippen molar-refractivity contribution in [2.45, 2.75) is 13.5 Å². The molecule has 0 saturated carbocycles. The van der Waals surface area contributed by atoms with Crippen molar-refractivity contribution in [1.29, 1.82) is 0 Å². The standard InChI is InChI=1S/C19H16FN5O/c1-12-5-4-6-13(9-12)18-23-19-22-14(10-17(26)25(19)24-18)11-21-16-8-3-2-7-15(16)20/h2-10,21H,11H2,1H3,(H,22,23,24). The summed E-state index contributed by atoms with van der Waals surface area (Å²) < 4.78 is 14.9. The average molecular weight is 349 g/mol. The first kappa shape index (κ1) is 16.0. The van der Waals surface area contributed by atoms with Gasteiger partial charge in [0.1, 0.15) is 5.82 Å². The first-order chi connectivity index (χ1) is 12.6. The lowest BCUT2D eigenvalue weighted by Crippen LogP contribution is -2.17. The van der Waals surface area contributed by atoms with Crippen molar-refractivity contribution in [3.8, 4) is 11.4 Å². The first-order valence-corrected chi connectivity index (χ1v) is 8.14. The normalized spacial score (nSPS) is 11.0. The number of fused-ring (bicyclic) bond motifs is 1. The smallest absolute Gasteiger partial charge is 0.275 e.